The van der Waals surface area contributed by atoms with Crippen LogP contribution in [0.3, 0.4) is 0 Å². The summed E-state index contributed by atoms with van der Waals surface area (Å²) in [4.78, 5) is 37.5. The number of hydrogen-bond donors (Lipinski definition) is 1. The van der Waals surface area contributed by atoms with Crippen LogP contribution in [0, 0.1) is 21.7 Å². The van der Waals surface area contributed by atoms with Gasteiger partial charge in [0.25, 0.3) is 17.5 Å². The Balaban J connectivity index is 1.81. The molecule has 3 aromatic rings. The van der Waals surface area contributed by atoms with Crippen molar-refractivity contribution in [3.8, 4) is 5.75 Å². The molecule has 1 N–H and O–H groups in total. The second-order valence-corrected chi connectivity index (χ2v) is 6.95. The van der Waals surface area contributed by atoms with Crippen LogP contribution in [0.25, 0.3) is 5.57 Å². The largest absolute Gasteiger partial charge is 0.497 e. The number of hydrogen-bond acceptors (Lipinski definition) is 6. The average Bonchev–Trinajstić information content (AvgIpc) is 3.04. The Labute approximate surface area is 185 Å². The Morgan fingerprint density at radius 3 is 2.18 bits per heavy atom. The minimum Gasteiger partial charge on any atom is -0.497 e. The summed E-state index contributed by atoms with van der Waals surface area (Å²) in [6, 6.07) is 14.0. The normalized spacial score (nSPS) is 13.5. The van der Waals surface area contributed by atoms with Crippen LogP contribution in [0.4, 0.5) is 25.8 Å². The number of imide groups is 1. The number of benzene rings is 3. The number of non-ortho nitro benzene ring substituents is 1. The van der Waals surface area contributed by atoms with Crippen molar-refractivity contribution < 1.29 is 28.0 Å². The average molecular weight is 451 g/mol. The van der Waals surface area contributed by atoms with E-state index in [1.54, 1.807) is 24.3 Å². The summed E-state index contributed by atoms with van der Waals surface area (Å²) >= 11 is 0. The number of carbonyl (C=O) groups excluding carboxylic acids is 2. The van der Waals surface area contributed by atoms with Gasteiger partial charge in [0, 0.05) is 23.9 Å². The smallest absolute Gasteiger partial charge is 0.282 e. The van der Waals surface area contributed by atoms with Crippen molar-refractivity contribution in [1.82, 2.24) is 0 Å². The molecule has 10 heteroatoms. The SMILES string of the molecule is COc1ccc(NC2=C(c3ccc([N+](=O)[O-])cc3)C(=O)N(c3ccc(F)cc3F)C2=O)cc1. The van der Waals surface area contributed by atoms with E-state index >= 15 is 0 Å². The lowest BCUT2D eigenvalue weighted by Gasteiger charge is -2.16. The summed E-state index contributed by atoms with van der Waals surface area (Å²) in [5.41, 5.74) is -0.260. The number of carbonyl (C=O) groups is 2. The van der Waals surface area contributed by atoms with Crippen molar-refractivity contribution in [1.29, 1.82) is 0 Å². The number of ether oxygens (including phenoxy) is 1. The molecule has 0 bridgehead atoms. The highest BCUT2D eigenvalue weighted by Crippen LogP contribution is 2.35. The Bertz CT molecular complexity index is 1300. The van der Waals surface area contributed by atoms with Crippen molar-refractivity contribution in [2.75, 3.05) is 17.3 Å². The van der Waals surface area contributed by atoms with Crippen molar-refractivity contribution >= 4 is 34.4 Å². The summed E-state index contributed by atoms with van der Waals surface area (Å²) in [6.07, 6.45) is 0. The van der Waals surface area contributed by atoms with E-state index in [9.17, 15) is 28.5 Å². The standard InChI is InChI=1S/C23H15F2N3O5/c1-33-17-9-5-15(6-10-17)26-21-20(13-2-7-16(8-3-13)28(31)32)22(29)27(23(21)30)19-11-4-14(24)12-18(19)25/h2-12,26H,1H3. The van der Waals surface area contributed by atoms with Crippen LogP contribution in [0.2, 0.25) is 0 Å². The summed E-state index contributed by atoms with van der Waals surface area (Å²) in [5.74, 6) is -3.13. The van der Waals surface area contributed by atoms with Crippen molar-refractivity contribution in [3.63, 3.8) is 0 Å². The van der Waals surface area contributed by atoms with E-state index in [1.807, 2.05) is 0 Å². The molecule has 8 nitrogen and oxygen atoms in total. The van der Waals surface area contributed by atoms with Gasteiger partial charge in [-0.05, 0) is 54.1 Å². The number of nitrogens with one attached hydrogen (secondary N) is 1. The first-order valence-corrected chi connectivity index (χ1v) is 9.54. The zero-order chi connectivity index (χ0) is 23.7. The third kappa shape index (κ3) is 4.01. The number of methoxy groups -OCH3 is 1. The fourth-order valence-corrected chi connectivity index (χ4v) is 3.36. The molecule has 4 rings (SSSR count). The molecule has 3 aromatic carbocycles. The number of nitro benzene ring substituents is 1. The quantitative estimate of drug-likeness (QED) is 0.341. The van der Waals surface area contributed by atoms with Crippen LogP contribution in [0.15, 0.2) is 72.4 Å². The number of nitro groups is 1. The molecule has 0 radical (unpaired) electrons. The predicted octanol–water partition coefficient (Wildman–Crippen LogP) is 4.28. The first-order chi connectivity index (χ1) is 15.8. The van der Waals surface area contributed by atoms with Gasteiger partial charge in [-0.3, -0.25) is 19.7 Å². The van der Waals surface area contributed by atoms with Crippen LogP contribution in [0.1, 0.15) is 5.56 Å². The van der Waals surface area contributed by atoms with E-state index in [0.717, 1.165) is 12.1 Å². The Morgan fingerprint density at radius 1 is 0.939 bits per heavy atom. The van der Waals surface area contributed by atoms with Gasteiger partial charge in [-0.2, -0.15) is 0 Å². The maximum Gasteiger partial charge on any atom is 0.282 e. The van der Waals surface area contributed by atoms with E-state index in [2.05, 4.69) is 5.32 Å². The van der Waals surface area contributed by atoms with Crippen LogP contribution in [-0.2, 0) is 9.59 Å². The van der Waals surface area contributed by atoms with Crippen molar-refractivity contribution in [3.05, 3.63) is 99.7 Å². The number of anilines is 2. The number of halogens is 2. The van der Waals surface area contributed by atoms with Gasteiger partial charge < -0.3 is 10.1 Å². The summed E-state index contributed by atoms with van der Waals surface area (Å²) in [5, 5.41) is 13.8. The summed E-state index contributed by atoms with van der Waals surface area (Å²) in [7, 11) is 1.49. The minimum atomic E-state index is -1.09. The highest BCUT2D eigenvalue weighted by Gasteiger charge is 2.41. The van der Waals surface area contributed by atoms with Crippen LogP contribution in [-0.4, -0.2) is 23.8 Å². The lowest BCUT2D eigenvalue weighted by Crippen LogP contribution is -2.33. The fraction of sp³-hybridized carbons (Fsp3) is 0.0435. The van der Waals surface area contributed by atoms with Crippen LogP contribution in [0.5, 0.6) is 5.75 Å². The lowest BCUT2D eigenvalue weighted by molar-refractivity contribution is -0.384. The van der Waals surface area contributed by atoms with E-state index < -0.39 is 34.1 Å². The van der Waals surface area contributed by atoms with Gasteiger partial charge in [0.1, 0.15) is 23.1 Å². The Kier molecular flexibility index (Phi) is 5.57. The van der Waals surface area contributed by atoms with Crippen LogP contribution >= 0.6 is 0 Å². The van der Waals surface area contributed by atoms with Crippen molar-refractivity contribution in [2.45, 2.75) is 0 Å². The van der Waals surface area contributed by atoms with E-state index in [4.69, 9.17) is 4.74 Å². The molecule has 0 saturated carbocycles. The molecular weight excluding hydrogens is 436 g/mol. The molecule has 0 spiro atoms. The topological polar surface area (TPSA) is 102 Å². The minimum absolute atomic E-state index is 0.116. The predicted molar refractivity (Wildman–Crippen MR) is 115 cm³/mol. The molecule has 0 fully saturated rings. The summed E-state index contributed by atoms with van der Waals surface area (Å²) < 4.78 is 32.9. The summed E-state index contributed by atoms with van der Waals surface area (Å²) in [6.45, 7) is 0. The molecule has 2 amide bonds. The molecule has 166 valence electrons. The van der Waals surface area contributed by atoms with Gasteiger partial charge in [0.2, 0.25) is 0 Å². The fourth-order valence-electron chi connectivity index (χ4n) is 3.36. The Morgan fingerprint density at radius 2 is 1.61 bits per heavy atom. The first kappa shape index (κ1) is 21.6. The van der Waals surface area contributed by atoms with Gasteiger partial charge in [0.15, 0.2) is 0 Å². The number of rotatable bonds is 6. The van der Waals surface area contributed by atoms with E-state index in [0.29, 0.717) is 22.4 Å². The highest BCUT2D eigenvalue weighted by atomic mass is 19.1. The third-order valence-electron chi connectivity index (χ3n) is 4.96. The second-order valence-electron chi connectivity index (χ2n) is 6.95. The zero-order valence-electron chi connectivity index (χ0n) is 17.0. The molecule has 0 unspecified atom stereocenters. The van der Waals surface area contributed by atoms with Gasteiger partial charge in [0.05, 0.1) is 23.3 Å². The van der Waals surface area contributed by atoms with E-state index in [1.165, 1.54) is 31.4 Å². The van der Waals surface area contributed by atoms with Gasteiger partial charge >= 0.3 is 0 Å². The molecule has 0 atom stereocenters. The lowest BCUT2D eigenvalue weighted by atomic mass is 10.0. The van der Waals surface area contributed by atoms with Gasteiger partial charge in [-0.25, -0.2) is 13.7 Å². The third-order valence-corrected chi connectivity index (χ3v) is 4.96. The van der Waals surface area contributed by atoms with Crippen LogP contribution < -0.4 is 15.0 Å². The maximum absolute atomic E-state index is 14.4. The number of nitrogens with zero attached hydrogens (tertiary/aromatic N) is 2. The molecule has 0 aliphatic carbocycles. The Hall–Kier alpha value is -4.60. The number of amides is 2. The molecule has 1 aliphatic rings. The molecule has 0 saturated heterocycles. The molecular formula is C23H15F2N3O5. The molecule has 1 aliphatic heterocycles. The molecule has 1 heterocycles. The molecule has 33 heavy (non-hydrogen) atoms. The monoisotopic (exact) mass is 451 g/mol. The molecule has 0 aromatic heterocycles. The van der Waals surface area contributed by atoms with Gasteiger partial charge in [-0.1, -0.05) is 0 Å². The highest BCUT2D eigenvalue weighted by molar-refractivity contribution is 6.46. The van der Waals surface area contributed by atoms with E-state index in [-0.39, 0.29) is 22.5 Å². The maximum atomic E-state index is 14.4. The second kappa shape index (κ2) is 8.50. The zero-order valence-corrected chi connectivity index (χ0v) is 17.0. The first-order valence-electron chi connectivity index (χ1n) is 9.54. The van der Waals surface area contributed by atoms with Gasteiger partial charge in [-0.15, -0.1) is 0 Å². The van der Waals surface area contributed by atoms with Crippen molar-refractivity contribution in [2.24, 2.45) is 0 Å².